The van der Waals surface area contributed by atoms with Crippen LogP contribution in [0.1, 0.15) is 18.1 Å². The van der Waals surface area contributed by atoms with Gasteiger partial charge in [-0.2, -0.15) is 0 Å². The maximum absolute atomic E-state index is 11.8. The molecule has 2 rings (SSSR count). The summed E-state index contributed by atoms with van der Waals surface area (Å²) in [7, 11) is 0. The topological polar surface area (TPSA) is 26.3 Å². The number of carbonyl (C=O) groups excluding carboxylic acids is 1. The van der Waals surface area contributed by atoms with E-state index in [9.17, 15) is 4.79 Å². The molecule has 20 heavy (non-hydrogen) atoms. The fraction of sp³-hybridized carbons (Fsp3) is 0.118. The van der Waals surface area contributed by atoms with Crippen LogP contribution < -0.4 is 0 Å². The molecular formula is C17H15BrO2. The number of ether oxygens (including phenoxy) is 1. The van der Waals surface area contributed by atoms with Gasteiger partial charge in [-0.05, 0) is 35.8 Å². The van der Waals surface area contributed by atoms with Gasteiger partial charge in [-0.15, -0.1) is 0 Å². The Hall–Kier alpha value is -1.87. The maximum Gasteiger partial charge on any atom is 0.331 e. The number of benzene rings is 2. The summed E-state index contributed by atoms with van der Waals surface area (Å²) in [5.74, 6) is -0.325. The lowest BCUT2D eigenvalue weighted by molar-refractivity contribution is -0.137. The first kappa shape index (κ1) is 14.5. The average molecular weight is 331 g/mol. The number of halogens is 1. The molecule has 2 aromatic carbocycles. The first-order valence-corrected chi connectivity index (χ1v) is 7.20. The minimum atomic E-state index is -0.325. The Bertz CT molecular complexity index is 601. The summed E-state index contributed by atoms with van der Waals surface area (Å²) in [6.45, 7) is 2.17. The summed E-state index contributed by atoms with van der Waals surface area (Å²) in [5.41, 5.74) is 2.83. The zero-order valence-electron chi connectivity index (χ0n) is 11.2. The molecule has 0 saturated heterocycles. The molecule has 0 fully saturated rings. The van der Waals surface area contributed by atoms with Crippen molar-refractivity contribution in [3.63, 3.8) is 0 Å². The fourth-order valence-corrected chi connectivity index (χ4v) is 2.15. The van der Waals surface area contributed by atoms with Gasteiger partial charge in [-0.3, -0.25) is 0 Å². The normalized spacial score (nSPS) is 11.2. The van der Waals surface area contributed by atoms with Gasteiger partial charge >= 0.3 is 5.97 Å². The molecule has 3 heteroatoms. The highest BCUT2D eigenvalue weighted by Crippen LogP contribution is 2.24. The van der Waals surface area contributed by atoms with Gasteiger partial charge in [0.15, 0.2) is 0 Å². The van der Waals surface area contributed by atoms with Crippen molar-refractivity contribution >= 4 is 27.5 Å². The van der Waals surface area contributed by atoms with E-state index in [2.05, 4.69) is 15.9 Å². The summed E-state index contributed by atoms with van der Waals surface area (Å²) in [4.78, 5) is 11.8. The lowest BCUT2D eigenvalue weighted by atomic mass is 9.98. The molecule has 0 saturated carbocycles. The number of hydrogen-bond acceptors (Lipinski definition) is 2. The highest BCUT2D eigenvalue weighted by Gasteiger charge is 2.08. The monoisotopic (exact) mass is 330 g/mol. The second kappa shape index (κ2) is 7.06. The van der Waals surface area contributed by atoms with E-state index in [-0.39, 0.29) is 5.97 Å². The second-order valence-corrected chi connectivity index (χ2v) is 5.10. The molecule has 0 spiro atoms. The molecule has 0 aliphatic heterocycles. The molecule has 102 valence electrons. The molecule has 0 aromatic heterocycles. The third kappa shape index (κ3) is 3.81. The van der Waals surface area contributed by atoms with E-state index < -0.39 is 0 Å². The molecule has 0 N–H and O–H groups in total. The summed E-state index contributed by atoms with van der Waals surface area (Å²) >= 11 is 3.42. The third-order valence-electron chi connectivity index (χ3n) is 2.79. The quantitative estimate of drug-likeness (QED) is 0.611. The van der Waals surface area contributed by atoms with Crippen molar-refractivity contribution in [1.82, 2.24) is 0 Å². The standard InChI is InChI=1S/C17H15BrO2/c1-2-20-17(19)12-16(13-6-4-3-5-7-13)14-8-10-15(18)11-9-14/h3-12H,2H2,1H3. The molecule has 0 bridgehead atoms. The van der Waals surface area contributed by atoms with Crippen molar-refractivity contribution in [2.75, 3.05) is 6.61 Å². The van der Waals surface area contributed by atoms with E-state index >= 15 is 0 Å². The van der Waals surface area contributed by atoms with Crippen molar-refractivity contribution in [2.45, 2.75) is 6.92 Å². The fourth-order valence-electron chi connectivity index (χ4n) is 1.88. The summed E-state index contributed by atoms with van der Waals surface area (Å²) < 4.78 is 6.02. The van der Waals surface area contributed by atoms with Crippen LogP contribution >= 0.6 is 15.9 Å². The maximum atomic E-state index is 11.8. The van der Waals surface area contributed by atoms with Gasteiger partial charge in [-0.1, -0.05) is 58.4 Å². The first-order chi connectivity index (χ1) is 9.70. The summed E-state index contributed by atoms with van der Waals surface area (Å²) in [6, 6.07) is 17.7. The Morgan fingerprint density at radius 3 is 2.25 bits per heavy atom. The summed E-state index contributed by atoms with van der Waals surface area (Å²) in [5, 5.41) is 0. The Kier molecular flexibility index (Phi) is 5.13. The molecule has 0 heterocycles. The van der Waals surface area contributed by atoms with Crippen LogP contribution in [0.5, 0.6) is 0 Å². The molecule has 0 atom stereocenters. The van der Waals surface area contributed by atoms with E-state index in [4.69, 9.17) is 4.74 Å². The van der Waals surface area contributed by atoms with Crippen molar-refractivity contribution in [1.29, 1.82) is 0 Å². The van der Waals surface area contributed by atoms with E-state index in [0.717, 1.165) is 21.2 Å². The van der Waals surface area contributed by atoms with Crippen LogP contribution in [0.15, 0.2) is 65.1 Å². The molecular weight excluding hydrogens is 316 g/mol. The molecule has 2 aromatic rings. The van der Waals surface area contributed by atoms with Crippen LogP contribution in [-0.4, -0.2) is 12.6 Å². The van der Waals surface area contributed by atoms with Crippen LogP contribution in [0, 0.1) is 0 Å². The first-order valence-electron chi connectivity index (χ1n) is 6.40. The van der Waals surface area contributed by atoms with Gasteiger partial charge in [0.25, 0.3) is 0 Å². The Morgan fingerprint density at radius 1 is 1.05 bits per heavy atom. The highest BCUT2D eigenvalue weighted by molar-refractivity contribution is 9.10. The highest BCUT2D eigenvalue weighted by atomic mass is 79.9. The second-order valence-electron chi connectivity index (χ2n) is 4.18. The lowest BCUT2D eigenvalue weighted by Gasteiger charge is -2.08. The predicted octanol–water partition coefficient (Wildman–Crippen LogP) is 4.44. The van der Waals surface area contributed by atoms with Crippen molar-refractivity contribution in [2.24, 2.45) is 0 Å². The minimum absolute atomic E-state index is 0.325. The third-order valence-corrected chi connectivity index (χ3v) is 3.32. The van der Waals surface area contributed by atoms with Gasteiger partial charge in [0, 0.05) is 10.5 Å². The lowest BCUT2D eigenvalue weighted by Crippen LogP contribution is -2.01. The zero-order chi connectivity index (χ0) is 14.4. The molecule has 0 amide bonds. The smallest absolute Gasteiger partial charge is 0.331 e. The van der Waals surface area contributed by atoms with E-state index in [1.54, 1.807) is 13.0 Å². The number of hydrogen-bond donors (Lipinski definition) is 0. The molecule has 0 unspecified atom stereocenters. The Labute approximate surface area is 127 Å². The van der Waals surface area contributed by atoms with Crippen LogP contribution in [-0.2, 0) is 9.53 Å². The minimum Gasteiger partial charge on any atom is -0.463 e. The van der Waals surface area contributed by atoms with E-state index in [1.807, 2.05) is 54.6 Å². The van der Waals surface area contributed by atoms with Crippen LogP contribution in [0.2, 0.25) is 0 Å². The van der Waals surface area contributed by atoms with Crippen molar-refractivity contribution < 1.29 is 9.53 Å². The van der Waals surface area contributed by atoms with Crippen molar-refractivity contribution in [3.8, 4) is 0 Å². The SMILES string of the molecule is CCOC(=O)C=C(c1ccccc1)c1ccc(Br)cc1. The summed E-state index contributed by atoms with van der Waals surface area (Å²) in [6.07, 6.45) is 1.54. The Morgan fingerprint density at radius 2 is 1.65 bits per heavy atom. The van der Waals surface area contributed by atoms with Gasteiger partial charge in [0.05, 0.1) is 6.61 Å². The number of carbonyl (C=O) groups is 1. The number of rotatable bonds is 4. The van der Waals surface area contributed by atoms with Crippen LogP contribution in [0.25, 0.3) is 5.57 Å². The molecule has 2 nitrogen and oxygen atoms in total. The van der Waals surface area contributed by atoms with Gasteiger partial charge in [0.1, 0.15) is 0 Å². The van der Waals surface area contributed by atoms with Gasteiger partial charge in [0.2, 0.25) is 0 Å². The molecule has 0 aliphatic rings. The Balaban J connectivity index is 2.44. The zero-order valence-corrected chi connectivity index (χ0v) is 12.8. The predicted molar refractivity (Wildman–Crippen MR) is 84.3 cm³/mol. The largest absolute Gasteiger partial charge is 0.463 e. The molecule has 0 radical (unpaired) electrons. The van der Waals surface area contributed by atoms with E-state index in [0.29, 0.717) is 6.61 Å². The van der Waals surface area contributed by atoms with Crippen LogP contribution in [0.3, 0.4) is 0 Å². The van der Waals surface area contributed by atoms with Gasteiger partial charge in [-0.25, -0.2) is 4.79 Å². The van der Waals surface area contributed by atoms with Gasteiger partial charge < -0.3 is 4.74 Å². The molecule has 0 aliphatic carbocycles. The average Bonchev–Trinajstić information content (AvgIpc) is 2.47. The van der Waals surface area contributed by atoms with Crippen molar-refractivity contribution in [3.05, 3.63) is 76.3 Å². The van der Waals surface area contributed by atoms with Crippen LogP contribution in [0.4, 0.5) is 0 Å². The number of esters is 1. The van der Waals surface area contributed by atoms with E-state index in [1.165, 1.54) is 0 Å².